The Balaban J connectivity index is 3.03. The molecule has 0 aliphatic rings. The van der Waals surface area contributed by atoms with E-state index in [1.54, 1.807) is 0 Å². The molecule has 0 saturated heterocycles. The van der Waals surface area contributed by atoms with Gasteiger partial charge in [0.15, 0.2) is 0 Å². The van der Waals surface area contributed by atoms with Gasteiger partial charge in [0, 0.05) is 5.02 Å². The van der Waals surface area contributed by atoms with Crippen LogP contribution in [0, 0.1) is 0 Å². The predicted octanol–water partition coefficient (Wildman–Crippen LogP) is 0.866. The van der Waals surface area contributed by atoms with Crippen LogP contribution in [0.25, 0.3) is 0 Å². The van der Waals surface area contributed by atoms with E-state index in [-0.39, 0.29) is 0 Å². The Morgan fingerprint density at radius 2 is 1.62 bits per heavy atom. The lowest BCUT2D eigenvalue weighted by Gasteiger charge is -1.88. The Kier molecular flexibility index (Phi) is 1.71. The predicted molar refractivity (Wildman–Crippen MR) is 38.2 cm³/mol. The second-order valence-corrected chi connectivity index (χ2v) is 2.65. The highest BCUT2D eigenvalue weighted by atomic mass is 35.5. The molecule has 0 aliphatic carbocycles. The molecule has 0 atom stereocenters. The molecular weight excluding hydrogens is 136 g/mol. The van der Waals surface area contributed by atoms with Crippen LogP contribution in [-0.2, 0) is 0 Å². The van der Waals surface area contributed by atoms with Crippen molar-refractivity contribution in [2.45, 2.75) is 0 Å². The number of hydrogen-bond donors (Lipinski definition) is 0. The van der Waals surface area contributed by atoms with Gasteiger partial charge < -0.3 is 0 Å². The topological polar surface area (TPSA) is 0 Å². The van der Waals surface area contributed by atoms with Crippen molar-refractivity contribution in [2.75, 3.05) is 0 Å². The number of halogens is 1. The molecule has 0 unspecified atom stereocenters. The van der Waals surface area contributed by atoms with E-state index >= 15 is 0 Å². The van der Waals surface area contributed by atoms with Gasteiger partial charge in [-0.15, -0.1) is 0 Å². The van der Waals surface area contributed by atoms with E-state index in [9.17, 15) is 0 Å². The zero-order chi connectivity index (χ0) is 5.98. The lowest BCUT2D eigenvalue weighted by Crippen LogP contribution is -1.97. The first-order valence-electron chi connectivity index (χ1n) is 2.30. The van der Waals surface area contributed by atoms with Crippen molar-refractivity contribution in [3.63, 3.8) is 0 Å². The van der Waals surface area contributed by atoms with E-state index in [1.165, 1.54) is 0 Å². The quantitative estimate of drug-likeness (QED) is 0.469. The zero-order valence-electron chi connectivity index (χ0n) is 4.26. The van der Waals surface area contributed by atoms with Gasteiger partial charge in [-0.05, 0) is 12.1 Å². The van der Waals surface area contributed by atoms with E-state index in [4.69, 9.17) is 11.6 Å². The summed E-state index contributed by atoms with van der Waals surface area (Å²) in [6.45, 7) is 0. The second-order valence-electron chi connectivity index (χ2n) is 1.55. The minimum atomic E-state index is 0.788. The smallest absolute Gasteiger partial charge is 0.0585 e. The molecule has 0 aliphatic heterocycles. The van der Waals surface area contributed by atoms with Gasteiger partial charge in [-0.1, -0.05) is 28.9 Å². The van der Waals surface area contributed by atoms with Crippen molar-refractivity contribution in [1.29, 1.82) is 0 Å². The fourth-order valence-electron chi connectivity index (χ4n) is 0.463. The van der Waals surface area contributed by atoms with Crippen LogP contribution < -0.4 is 5.19 Å². The summed E-state index contributed by atoms with van der Waals surface area (Å²) >= 11 is 5.60. The molecule has 2 radical (unpaired) electrons. The maximum atomic E-state index is 5.60. The van der Waals surface area contributed by atoms with E-state index in [2.05, 4.69) is 10.2 Å². The number of rotatable bonds is 0. The first kappa shape index (κ1) is 5.86. The second kappa shape index (κ2) is 2.33. The Hall–Kier alpha value is -0.273. The normalized spacial score (nSPS) is 9.25. The fraction of sp³-hybridized carbons (Fsp3) is 0. The van der Waals surface area contributed by atoms with Crippen LogP contribution in [0.1, 0.15) is 0 Å². The van der Waals surface area contributed by atoms with Crippen molar-refractivity contribution >= 4 is 27.0 Å². The standard InChI is InChI=1S/C6H5ClSi/c7-5-1-3-6(8)4-2-5/h1-4,8H. The first-order chi connectivity index (χ1) is 3.79. The summed E-state index contributed by atoms with van der Waals surface area (Å²) in [4.78, 5) is 0. The van der Waals surface area contributed by atoms with Gasteiger partial charge in [0.1, 0.15) is 0 Å². The van der Waals surface area contributed by atoms with Crippen molar-refractivity contribution in [3.8, 4) is 0 Å². The van der Waals surface area contributed by atoms with Crippen LogP contribution in [0.5, 0.6) is 0 Å². The summed E-state index contributed by atoms with van der Waals surface area (Å²) in [5.41, 5.74) is 0. The largest absolute Gasteiger partial charge is 0.0843 e. The van der Waals surface area contributed by atoms with Crippen molar-refractivity contribution in [2.24, 2.45) is 0 Å². The first-order valence-corrected chi connectivity index (χ1v) is 3.25. The molecule has 0 aromatic heterocycles. The minimum Gasteiger partial charge on any atom is -0.0843 e. The molecular formula is C6H5ClSi. The van der Waals surface area contributed by atoms with Crippen LogP contribution in [0.15, 0.2) is 24.3 Å². The van der Waals surface area contributed by atoms with Gasteiger partial charge in [-0.2, -0.15) is 0 Å². The van der Waals surface area contributed by atoms with Gasteiger partial charge in [0.2, 0.25) is 0 Å². The van der Waals surface area contributed by atoms with Gasteiger partial charge in [-0.25, -0.2) is 0 Å². The van der Waals surface area contributed by atoms with Crippen LogP contribution in [-0.4, -0.2) is 10.2 Å². The van der Waals surface area contributed by atoms with Gasteiger partial charge in [-0.3, -0.25) is 0 Å². The van der Waals surface area contributed by atoms with Gasteiger partial charge >= 0.3 is 0 Å². The summed E-state index contributed by atoms with van der Waals surface area (Å²) < 4.78 is 0. The summed E-state index contributed by atoms with van der Waals surface area (Å²) in [5, 5.41) is 1.95. The van der Waals surface area contributed by atoms with Crippen molar-refractivity contribution in [3.05, 3.63) is 29.3 Å². The lowest BCUT2D eigenvalue weighted by atomic mass is 10.4. The highest BCUT2D eigenvalue weighted by Crippen LogP contribution is 2.02. The minimum absolute atomic E-state index is 0.788. The van der Waals surface area contributed by atoms with Crippen LogP contribution in [0.2, 0.25) is 5.02 Å². The average Bonchev–Trinajstić information content (AvgIpc) is 1.77. The Morgan fingerprint density at radius 1 is 1.12 bits per heavy atom. The fourth-order valence-corrected chi connectivity index (χ4v) is 0.781. The van der Waals surface area contributed by atoms with E-state index < -0.39 is 0 Å². The molecule has 0 heterocycles. The summed E-state index contributed by atoms with van der Waals surface area (Å²) in [6, 6.07) is 7.63. The molecule has 0 N–H and O–H groups in total. The average molecular weight is 141 g/mol. The molecule has 1 aromatic carbocycles. The maximum absolute atomic E-state index is 5.60. The molecule has 1 rings (SSSR count). The molecule has 0 bridgehead atoms. The molecule has 0 nitrogen and oxygen atoms in total. The molecule has 0 fully saturated rings. The third-order valence-corrected chi connectivity index (χ3v) is 1.51. The third kappa shape index (κ3) is 1.35. The van der Waals surface area contributed by atoms with Gasteiger partial charge in [0.25, 0.3) is 0 Å². The molecule has 1 aromatic rings. The van der Waals surface area contributed by atoms with E-state index in [0.717, 1.165) is 10.2 Å². The lowest BCUT2D eigenvalue weighted by molar-refractivity contribution is 1.77. The summed E-state index contributed by atoms with van der Waals surface area (Å²) in [6.07, 6.45) is 0. The maximum Gasteiger partial charge on any atom is 0.0585 e. The van der Waals surface area contributed by atoms with E-state index in [1.807, 2.05) is 24.3 Å². The number of benzene rings is 1. The van der Waals surface area contributed by atoms with Crippen molar-refractivity contribution < 1.29 is 0 Å². The molecule has 8 heavy (non-hydrogen) atoms. The summed E-state index contributed by atoms with van der Waals surface area (Å²) in [5.74, 6) is 0. The Bertz CT molecular complexity index is 147. The molecule has 0 saturated carbocycles. The Morgan fingerprint density at radius 3 is 2.00 bits per heavy atom. The number of hydrogen-bond acceptors (Lipinski definition) is 0. The molecule has 0 spiro atoms. The van der Waals surface area contributed by atoms with Crippen molar-refractivity contribution in [1.82, 2.24) is 0 Å². The van der Waals surface area contributed by atoms with E-state index in [0.29, 0.717) is 0 Å². The zero-order valence-corrected chi connectivity index (χ0v) is 6.18. The molecule has 2 heteroatoms. The third-order valence-electron chi connectivity index (χ3n) is 0.870. The van der Waals surface area contributed by atoms with Crippen LogP contribution in [0.3, 0.4) is 0 Å². The summed E-state index contributed by atoms with van der Waals surface area (Å²) in [7, 11) is 2.59. The van der Waals surface area contributed by atoms with Gasteiger partial charge in [0.05, 0.1) is 10.2 Å². The van der Waals surface area contributed by atoms with Crippen LogP contribution in [0.4, 0.5) is 0 Å². The SMILES string of the molecule is [SiH]c1ccc(Cl)cc1. The monoisotopic (exact) mass is 140 g/mol. The highest BCUT2D eigenvalue weighted by molar-refractivity contribution is 6.34. The molecule has 40 valence electrons. The Labute approximate surface area is 56.9 Å². The highest BCUT2D eigenvalue weighted by Gasteiger charge is 1.82. The molecule has 0 amide bonds. The van der Waals surface area contributed by atoms with Crippen LogP contribution >= 0.6 is 11.6 Å².